The van der Waals surface area contributed by atoms with Gasteiger partial charge in [0.05, 0.1) is 0 Å². The van der Waals surface area contributed by atoms with Gasteiger partial charge < -0.3 is 10.6 Å². The standard InChI is InChI=1S/C13H16F2N2/c1-17-6-9-3-11(16)2-8-4-13(14,15)5-10(7-17)12(8)9/h2-3,10H,4-7,16H2,1H3. The van der Waals surface area contributed by atoms with Crippen molar-refractivity contribution in [3.05, 3.63) is 28.8 Å². The molecule has 92 valence electrons. The molecule has 0 saturated carbocycles. The van der Waals surface area contributed by atoms with Crippen molar-refractivity contribution in [3.63, 3.8) is 0 Å². The van der Waals surface area contributed by atoms with Crippen LogP contribution in [-0.4, -0.2) is 24.4 Å². The van der Waals surface area contributed by atoms with Crippen molar-refractivity contribution in [3.8, 4) is 0 Å². The number of nitrogens with two attached hydrogens (primary N) is 1. The molecule has 2 N–H and O–H groups in total. The summed E-state index contributed by atoms with van der Waals surface area (Å²) in [6.07, 6.45) is -0.179. The van der Waals surface area contributed by atoms with Gasteiger partial charge in [-0.05, 0) is 35.9 Å². The second-order valence-electron chi connectivity index (χ2n) is 5.38. The average molecular weight is 238 g/mol. The summed E-state index contributed by atoms with van der Waals surface area (Å²) < 4.78 is 27.4. The van der Waals surface area contributed by atoms with E-state index in [0.717, 1.165) is 29.8 Å². The first-order valence-corrected chi connectivity index (χ1v) is 5.92. The maximum absolute atomic E-state index is 13.7. The third-order valence-corrected chi connectivity index (χ3v) is 3.75. The number of hydrogen-bond acceptors (Lipinski definition) is 2. The molecule has 2 nitrogen and oxygen atoms in total. The summed E-state index contributed by atoms with van der Waals surface area (Å²) in [7, 11) is 1.97. The van der Waals surface area contributed by atoms with Gasteiger partial charge in [0, 0.05) is 37.5 Å². The third kappa shape index (κ3) is 1.80. The van der Waals surface area contributed by atoms with Gasteiger partial charge in [0.25, 0.3) is 5.92 Å². The van der Waals surface area contributed by atoms with Crippen LogP contribution in [0.1, 0.15) is 29.0 Å². The van der Waals surface area contributed by atoms with E-state index in [9.17, 15) is 8.78 Å². The summed E-state index contributed by atoms with van der Waals surface area (Å²) in [5.74, 6) is -2.62. The first-order chi connectivity index (χ1) is 7.94. The lowest BCUT2D eigenvalue weighted by molar-refractivity contribution is -0.0252. The van der Waals surface area contributed by atoms with Crippen LogP contribution < -0.4 is 5.73 Å². The van der Waals surface area contributed by atoms with Gasteiger partial charge in [0.1, 0.15) is 0 Å². The Labute approximate surface area is 99.4 Å². The quantitative estimate of drug-likeness (QED) is 0.703. The molecule has 0 radical (unpaired) electrons. The highest BCUT2D eigenvalue weighted by Crippen LogP contribution is 2.45. The van der Waals surface area contributed by atoms with Crippen LogP contribution in [0.4, 0.5) is 14.5 Å². The van der Waals surface area contributed by atoms with Crippen LogP contribution in [0.25, 0.3) is 0 Å². The zero-order chi connectivity index (χ0) is 12.2. The topological polar surface area (TPSA) is 29.3 Å². The Morgan fingerprint density at radius 1 is 1.35 bits per heavy atom. The Bertz CT molecular complexity index is 471. The first-order valence-electron chi connectivity index (χ1n) is 5.92. The van der Waals surface area contributed by atoms with Crippen molar-refractivity contribution in [1.82, 2.24) is 4.90 Å². The molecule has 17 heavy (non-hydrogen) atoms. The van der Waals surface area contributed by atoms with Gasteiger partial charge in [-0.15, -0.1) is 0 Å². The van der Waals surface area contributed by atoms with Crippen molar-refractivity contribution in [2.45, 2.75) is 31.2 Å². The van der Waals surface area contributed by atoms with Gasteiger partial charge in [-0.2, -0.15) is 0 Å². The number of benzene rings is 1. The average Bonchev–Trinajstić information content (AvgIpc) is 2.12. The van der Waals surface area contributed by atoms with Crippen molar-refractivity contribution in [1.29, 1.82) is 0 Å². The SMILES string of the molecule is CN1Cc2cc(N)cc3c2C(C1)CC(F)(F)C3. The molecule has 1 aromatic rings. The molecule has 0 spiro atoms. The predicted octanol–water partition coefficient (Wildman–Crippen LogP) is 2.38. The Kier molecular flexibility index (Phi) is 2.20. The molecule has 0 aromatic heterocycles. The van der Waals surface area contributed by atoms with Crippen molar-refractivity contribution in [2.24, 2.45) is 0 Å². The molecule has 3 rings (SSSR count). The summed E-state index contributed by atoms with van der Waals surface area (Å²) in [4.78, 5) is 2.09. The van der Waals surface area contributed by atoms with Gasteiger partial charge in [-0.1, -0.05) is 0 Å². The lowest BCUT2D eigenvalue weighted by Crippen LogP contribution is -2.39. The normalized spacial score (nSPS) is 26.6. The number of rotatable bonds is 0. The Morgan fingerprint density at radius 2 is 2.06 bits per heavy atom. The van der Waals surface area contributed by atoms with Crippen molar-refractivity contribution < 1.29 is 8.78 Å². The number of likely N-dealkylation sites (N-methyl/N-ethyl adjacent to an activating group) is 1. The van der Waals surface area contributed by atoms with E-state index in [2.05, 4.69) is 4.90 Å². The number of halogens is 2. The molecule has 1 atom stereocenters. The second kappa shape index (κ2) is 3.42. The van der Waals surface area contributed by atoms with Gasteiger partial charge in [-0.25, -0.2) is 8.78 Å². The molecule has 1 aliphatic heterocycles. The van der Waals surface area contributed by atoms with Gasteiger partial charge in [-0.3, -0.25) is 0 Å². The summed E-state index contributed by atoms with van der Waals surface area (Å²) in [6.45, 7) is 1.54. The summed E-state index contributed by atoms with van der Waals surface area (Å²) in [5, 5.41) is 0. The van der Waals surface area contributed by atoms with Crippen LogP contribution in [0, 0.1) is 0 Å². The molecular formula is C13H16F2N2. The minimum atomic E-state index is -2.58. The van der Waals surface area contributed by atoms with Crippen LogP contribution in [0.2, 0.25) is 0 Å². The molecule has 0 fully saturated rings. The lowest BCUT2D eigenvalue weighted by Gasteiger charge is -2.39. The second-order valence-corrected chi connectivity index (χ2v) is 5.38. The first kappa shape index (κ1) is 11.0. The molecular weight excluding hydrogens is 222 g/mol. The Balaban J connectivity index is 2.16. The Hall–Kier alpha value is -1.16. The number of nitrogens with zero attached hydrogens (tertiary/aromatic N) is 1. The van der Waals surface area contributed by atoms with E-state index >= 15 is 0 Å². The van der Waals surface area contributed by atoms with E-state index < -0.39 is 5.92 Å². The fraction of sp³-hybridized carbons (Fsp3) is 0.538. The van der Waals surface area contributed by atoms with Gasteiger partial charge >= 0.3 is 0 Å². The highest BCUT2D eigenvalue weighted by molar-refractivity contribution is 5.53. The van der Waals surface area contributed by atoms with E-state index in [-0.39, 0.29) is 18.8 Å². The number of hydrogen-bond donors (Lipinski definition) is 1. The minimum absolute atomic E-state index is 0.0265. The van der Waals surface area contributed by atoms with Crippen LogP contribution >= 0.6 is 0 Å². The highest BCUT2D eigenvalue weighted by Gasteiger charge is 2.42. The number of nitrogen functional groups attached to an aromatic ring is 1. The van der Waals surface area contributed by atoms with Crippen LogP contribution in [0.3, 0.4) is 0 Å². The number of anilines is 1. The van der Waals surface area contributed by atoms with Gasteiger partial charge in [0.15, 0.2) is 0 Å². The fourth-order valence-electron chi connectivity index (χ4n) is 3.31. The molecule has 1 aromatic carbocycles. The van der Waals surface area contributed by atoms with E-state index in [1.165, 1.54) is 0 Å². The van der Waals surface area contributed by atoms with Crippen LogP contribution in [0.15, 0.2) is 12.1 Å². The third-order valence-electron chi connectivity index (χ3n) is 3.75. The zero-order valence-electron chi connectivity index (χ0n) is 9.84. The molecule has 0 amide bonds. The maximum Gasteiger partial charge on any atom is 0.252 e. The summed E-state index contributed by atoms with van der Waals surface area (Å²) in [6, 6.07) is 3.66. The summed E-state index contributed by atoms with van der Waals surface area (Å²) >= 11 is 0. The zero-order valence-corrected chi connectivity index (χ0v) is 9.84. The van der Waals surface area contributed by atoms with Crippen molar-refractivity contribution in [2.75, 3.05) is 19.3 Å². The lowest BCUT2D eigenvalue weighted by atomic mass is 9.76. The summed E-state index contributed by atoms with van der Waals surface area (Å²) in [5.41, 5.74) is 9.43. The molecule has 1 heterocycles. The highest BCUT2D eigenvalue weighted by atomic mass is 19.3. The minimum Gasteiger partial charge on any atom is -0.399 e. The smallest absolute Gasteiger partial charge is 0.252 e. The van der Waals surface area contributed by atoms with Gasteiger partial charge in [0.2, 0.25) is 0 Å². The molecule has 0 saturated heterocycles. The van der Waals surface area contributed by atoms with E-state index in [1.54, 1.807) is 6.07 Å². The molecule has 2 aliphatic rings. The van der Waals surface area contributed by atoms with Crippen LogP contribution in [0.5, 0.6) is 0 Å². The Morgan fingerprint density at radius 3 is 2.82 bits per heavy atom. The van der Waals surface area contributed by atoms with Crippen LogP contribution in [-0.2, 0) is 13.0 Å². The van der Waals surface area contributed by atoms with E-state index in [4.69, 9.17) is 5.73 Å². The molecule has 0 bridgehead atoms. The van der Waals surface area contributed by atoms with Crippen molar-refractivity contribution >= 4 is 5.69 Å². The largest absolute Gasteiger partial charge is 0.399 e. The fourth-order valence-corrected chi connectivity index (χ4v) is 3.31. The van der Waals surface area contributed by atoms with E-state index in [0.29, 0.717) is 5.69 Å². The predicted molar refractivity (Wildman–Crippen MR) is 63.2 cm³/mol. The maximum atomic E-state index is 13.7. The monoisotopic (exact) mass is 238 g/mol. The molecule has 1 aliphatic carbocycles. The van der Waals surface area contributed by atoms with E-state index in [1.807, 2.05) is 13.1 Å². The molecule has 4 heteroatoms. The molecule has 1 unspecified atom stereocenters. The number of alkyl halides is 2.